The molecular formula is C20H19NO3. The molecule has 0 spiro atoms. The average Bonchev–Trinajstić information content (AvgIpc) is 2.91. The molecule has 0 aliphatic carbocycles. The molecule has 0 radical (unpaired) electrons. The summed E-state index contributed by atoms with van der Waals surface area (Å²) in [5.41, 5.74) is 2.42. The van der Waals surface area contributed by atoms with Gasteiger partial charge in [-0.3, -0.25) is 4.79 Å². The van der Waals surface area contributed by atoms with Gasteiger partial charge in [0.25, 0.3) is 0 Å². The molecule has 0 aliphatic heterocycles. The van der Waals surface area contributed by atoms with Gasteiger partial charge in [0.15, 0.2) is 6.29 Å². The van der Waals surface area contributed by atoms with E-state index in [2.05, 4.69) is 0 Å². The second-order valence-corrected chi connectivity index (χ2v) is 6.64. The SMILES string of the molecule is CC(C)(C)OC(=O)n1c(C=O)cc2cc(-c3ccccc3)ccc21. The summed E-state index contributed by atoms with van der Waals surface area (Å²) in [6.45, 7) is 5.39. The quantitative estimate of drug-likeness (QED) is 0.630. The van der Waals surface area contributed by atoms with E-state index in [0.717, 1.165) is 16.5 Å². The van der Waals surface area contributed by atoms with Gasteiger partial charge in [-0.15, -0.1) is 0 Å². The summed E-state index contributed by atoms with van der Waals surface area (Å²) in [4.78, 5) is 23.8. The predicted octanol–water partition coefficient (Wildman–Crippen LogP) is 4.90. The number of fused-ring (bicyclic) bond motifs is 1. The minimum absolute atomic E-state index is 0.282. The topological polar surface area (TPSA) is 48.3 Å². The Morgan fingerprint density at radius 2 is 1.71 bits per heavy atom. The van der Waals surface area contributed by atoms with Crippen molar-refractivity contribution in [1.29, 1.82) is 0 Å². The third-order valence-electron chi connectivity index (χ3n) is 3.63. The molecule has 0 unspecified atom stereocenters. The number of nitrogens with zero attached hydrogens (tertiary/aromatic N) is 1. The van der Waals surface area contributed by atoms with Gasteiger partial charge in [-0.05, 0) is 50.1 Å². The minimum Gasteiger partial charge on any atom is -0.443 e. The van der Waals surface area contributed by atoms with Crippen LogP contribution in [-0.4, -0.2) is 22.5 Å². The molecule has 0 N–H and O–H groups in total. The first kappa shape index (κ1) is 16.0. The summed E-state index contributed by atoms with van der Waals surface area (Å²) in [5.74, 6) is 0. The molecule has 0 saturated heterocycles. The number of hydrogen-bond acceptors (Lipinski definition) is 3. The fourth-order valence-electron chi connectivity index (χ4n) is 2.64. The van der Waals surface area contributed by atoms with E-state index in [-0.39, 0.29) is 5.69 Å². The van der Waals surface area contributed by atoms with Crippen LogP contribution in [0.5, 0.6) is 0 Å². The van der Waals surface area contributed by atoms with Crippen LogP contribution in [0.4, 0.5) is 4.79 Å². The number of ether oxygens (including phenoxy) is 1. The first-order chi connectivity index (χ1) is 11.4. The van der Waals surface area contributed by atoms with E-state index in [0.29, 0.717) is 11.8 Å². The van der Waals surface area contributed by atoms with Crippen LogP contribution in [0.15, 0.2) is 54.6 Å². The highest BCUT2D eigenvalue weighted by Gasteiger charge is 2.22. The van der Waals surface area contributed by atoms with E-state index in [1.807, 2.05) is 48.5 Å². The first-order valence-corrected chi connectivity index (χ1v) is 7.78. The minimum atomic E-state index is -0.627. The second-order valence-electron chi connectivity index (χ2n) is 6.64. The van der Waals surface area contributed by atoms with Crippen LogP contribution < -0.4 is 0 Å². The summed E-state index contributed by atoms with van der Waals surface area (Å²) in [5, 5.41) is 0.823. The Balaban J connectivity index is 2.11. The molecule has 24 heavy (non-hydrogen) atoms. The van der Waals surface area contributed by atoms with Gasteiger partial charge in [0.05, 0.1) is 11.2 Å². The Labute approximate surface area is 140 Å². The van der Waals surface area contributed by atoms with Crippen molar-refractivity contribution in [3.63, 3.8) is 0 Å². The number of aromatic nitrogens is 1. The molecule has 0 amide bonds. The van der Waals surface area contributed by atoms with Crippen molar-refractivity contribution >= 4 is 23.3 Å². The fraction of sp³-hybridized carbons (Fsp3) is 0.200. The average molecular weight is 321 g/mol. The summed E-state index contributed by atoms with van der Waals surface area (Å²) in [6.07, 6.45) is 0.124. The summed E-state index contributed by atoms with van der Waals surface area (Å²) in [6, 6.07) is 17.4. The standard InChI is InChI=1S/C20H19NO3/c1-20(2,3)24-19(23)21-17(13-22)12-16-11-15(9-10-18(16)21)14-7-5-4-6-8-14/h4-13H,1-3H3. The zero-order valence-electron chi connectivity index (χ0n) is 13.9. The van der Waals surface area contributed by atoms with Crippen LogP contribution in [0.1, 0.15) is 31.3 Å². The van der Waals surface area contributed by atoms with Crippen LogP contribution >= 0.6 is 0 Å². The Morgan fingerprint density at radius 3 is 2.33 bits per heavy atom. The molecule has 0 saturated carbocycles. The number of carbonyl (C=O) groups excluding carboxylic acids is 2. The highest BCUT2D eigenvalue weighted by molar-refractivity contribution is 5.98. The molecule has 122 valence electrons. The smallest absolute Gasteiger partial charge is 0.419 e. The molecule has 3 rings (SSSR count). The lowest BCUT2D eigenvalue weighted by Gasteiger charge is -2.20. The van der Waals surface area contributed by atoms with Crippen LogP contribution in [0, 0.1) is 0 Å². The maximum atomic E-state index is 12.5. The molecule has 4 heteroatoms. The molecule has 4 nitrogen and oxygen atoms in total. The zero-order valence-corrected chi connectivity index (χ0v) is 13.9. The van der Waals surface area contributed by atoms with Gasteiger partial charge in [-0.25, -0.2) is 9.36 Å². The van der Waals surface area contributed by atoms with Gasteiger partial charge in [0.2, 0.25) is 0 Å². The van der Waals surface area contributed by atoms with Crippen molar-refractivity contribution in [1.82, 2.24) is 4.57 Å². The van der Waals surface area contributed by atoms with Crippen molar-refractivity contribution in [2.75, 3.05) is 0 Å². The molecule has 0 aliphatic rings. The molecule has 0 fully saturated rings. The molecule has 0 atom stereocenters. The maximum absolute atomic E-state index is 12.5. The maximum Gasteiger partial charge on any atom is 0.419 e. The third kappa shape index (κ3) is 3.08. The van der Waals surface area contributed by atoms with E-state index in [1.54, 1.807) is 26.8 Å². The van der Waals surface area contributed by atoms with Crippen LogP contribution in [0.3, 0.4) is 0 Å². The fourth-order valence-corrected chi connectivity index (χ4v) is 2.64. The van der Waals surface area contributed by atoms with Crippen molar-refractivity contribution in [2.24, 2.45) is 0 Å². The van der Waals surface area contributed by atoms with Crippen molar-refractivity contribution < 1.29 is 14.3 Å². The lowest BCUT2D eigenvalue weighted by molar-refractivity contribution is 0.0538. The van der Waals surface area contributed by atoms with Crippen molar-refractivity contribution in [3.8, 4) is 11.1 Å². The largest absolute Gasteiger partial charge is 0.443 e. The van der Waals surface area contributed by atoms with E-state index in [1.165, 1.54) is 4.57 Å². The Kier molecular flexibility index (Phi) is 3.97. The summed E-state index contributed by atoms with van der Waals surface area (Å²) in [7, 11) is 0. The molecule has 1 aromatic heterocycles. The lowest BCUT2D eigenvalue weighted by Crippen LogP contribution is -2.27. The second kappa shape index (κ2) is 5.96. The number of carbonyl (C=O) groups is 2. The van der Waals surface area contributed by atoms with Crippen LogP contribution in [-0.2, 0) is 4.74 Å². The Hall–Kier alpha value is -2.88. The predicted molar refractivity (Wildman–Crippen MR) is 94.4 cm³/mol. The molecule has 3 aromatic rings. The van der Waals surface area contributed by atoms with Gasteiger partial charge >= 0.3 is 6.09 Å². The van der Waals surface area contributed by atoms with Gasteiger partial charge < -0.3 is 4.74 Å². The van der Waals surface area contributed by atoms with Crippen LogP contribution in [0.2, 0.25) is 0 Å². The van der Waals surface area contributed by atoms with E-state index >= 15 is 0 Å². The Bertz CT molecular complexity index is 902. The monoisotopic (exact) mass is 321 g/mol. The lowest BCUT2D eigenvalue weighted by atomic mass is 10.0. The van der Waals surface area contributed by atoms with E-state index in [9.17, 15) is 9.59 Å². The summed E-state index contributed by atoms with van der Waals surface area (Å²) < 4.78 is 6.73. The zero-order chi connectivity index (χ0) is 17.3. The normalized spacial score (nSPS) is 11.5. The number of hydrogen-bond donors (Lipinski definition) is 0. The van der Waals surface area contributed by atoms with Gasteiger partial charge in [0, 0.05) is 5.39 Å². The highest BCUT2D eigenvalue weighted by atomic mass is 16.6. The molecule has 2 aromatic carbocycles. The summed E-state index contributed by atoms with van der Waals surface area (Å²) >= 11 is 0. The van der Waals surface area contributed by atoms with Crippen molar-refractivity contribution in [2.45, 2.75) is 26.4 Å². The van der Waals surface area contributed by atoms with Crippen molar-refractivity contribution in [3.05, 3.63) is 60.3 Å². The molecule has 1 heterocycles. The van der Waals surface area contributed by atoms with Crippen LogP contribution in [0.25, 0.3) is 22.0 Å². The molecule has 0 bridgehead atoms. The first-order valence-electron chi connectivity index (χ1n) is 7.78. The highest BCUT2D eigenvalue weighted by Crippen LogP contribution is 2.27. The van der Waals surface area contributed by atoms with Gasteiger partial charge in [-0.2, -0.15) is 0 Å². The van der Waals surface area contributed by atoms with Gasteiger partial charge in [-0.1, -0.05) is 36.4 Å². The van der Waals surface area contributed by atoms with E-state index < -0.39 is 11.7 Å². The van der Waals surface area contributed by atoms with Gasteiger partial charge in [0.1, 0.15) is 5.60 Å². The molecular weight excluding hydrogens is 302 g/mol. The number of benzene rings is 2. The number of rotatable bonds is 2. The van der Waals surface area contributed by atoms with E-state index in [4.69, 9.17) is 4.74 Å². The number of aldehydes is 1. The third-order valence-corrected chi connectivity index (χ3v) is 3.63. The Morgan fingerprint density at radius 1 is 1.00 bits per heavy atom.